The molecule has 0 amide bonds. The SMILES string of the molecule is CCC1COCCN1CCC(N)CO. The van der Waals surface area contributed by atoms with Gasteiger partial charge in [0.1, 0.15) is 0 Å². The highest BCUT2D eigenvalue weighted by molar-refractivity contribution is 4.75. The van der Waals surface area contributed by atoms with Crippen LogP contribution in [-0.4, -0.2) is 55.0 Å². The van der Waals surface area contributed by atoms with E-state index >= 15 is 0 Å². The summed E-state index contributed by atoms with van der Waals surface area (Å²) in [5, 5.41) is 8.82. The molecule has 2 atom stereocenters. The second-order valence-electron chi connectivity index (χ2n) is 3.90. The van der Waals surface area contributed by atoms with Gasteiger partial charge in [0, 0.05) is 25.2 Å². The summed E-state index contributed by atoms with van der Waals surface area (Å²) in [4.78, 5) is 2.42. The van der Waals surface area contributed by atoms with Gasteiger partial charge in [-0.2, -0.15) is 0 Å². The van der Waals surface area contributed by atoms with Crippen LogP contribution in [0.1, 0.15) is 19.8 Å². The van der Waals surface area contributed by atoms with Crippen LogP contribution in [0, 0.1) is 0 Å². The molecule has 0 spiro atoms. The van der Waals surface area contributed by atoms with Gasteiger partial charge >= 0.3 is 0 Å². The minimum atomic E-state index is -0.0737. The fourth-order valence-electron chi connectivity index (χ4n) is 1.78. The van der Waals surface area contributed by atoms with Gasteiger partial charge in [0.25, 0.3) is 0 Å². The average molecular weight is 202 g/mol. The van der Waals surface area contributed by atoms with Crippen LogP contribution < -0.4 is 5.73 Å². The molecule has 0 aliphatic carbocycles. The second kappa shape index (κ2) is 6.35. The van der Waals surface area contributed by atoms with Crippen molar-refractivity contribution in [2.24, 2.45) is 5.73 Å². The molecule has 0 aromatic heterocycles. The molecule has 1 saturated heterocycles. The van der Waals surface area contributed by atoms with Gasteiger partial charge in [-0.15, -0.1) is 0 Å². The largest absolute Gasteiger partial charge is 0.395 e. The summed E-state index contributed by atoms with van der Waals surface area (Å²) >= 11 is 0. The van der Waals surface area contributed by atoms with E-state index in [-0.39, 0.29) is 12.6 Å². The predicted octanol–water partition coefficient (Wildman–Crippen LogP) is -0.193. The summed E-state index contributed by atoms with van der Waals surface area (Å²) in [6.07, 6.45) is 1.99. The highest BCUT2D eigenvalue weighted by atomic mass is 16.5. The van der Waals surface area contributed by atoms with Gasteiger partial charge in [0.05, 0.1) is 19.8 Å². The monoisotopic (exact) mass is 202 g/mol. The summed E-state index contributed by atoms with van der Waals surface area (Å²) in [7, 11) is 0. The molecular formula is C10H22N2O2. The molecule has 84 valence electrons. The van der Waals surface area contributed by atoms with Crippen molar-refractivity contribution in [1.29, 1.82) is 0 Å². The van der Waals surface area contributed by atoms with Gasteiger partial charge in [0.2, 0.25) is 0 Å². The zero-order valence-corrected chi connectivity index (χ0v) is 8.98. The number of hydrogen-bond acceptors (Lipinski definition) is 4. The van der Waals surface area contributed by atoms with E-state index in [1.807, 2.05) is 0 Å². The van der Waals surface area contributed by atoms with Crippen molar-refractivity contribution in [3.63, 3.8) is 0 Å². The van der Waals surface area contributed by atoms with Crippen LogP contribution in [0.3, 0.4) is 0 Å². The number of morpholine rings is 1. The summed E-state index contributed by atoms with van der Waals surface area (Å²) in [6.45, 7) is 5.90. The van der Waals surface area contributed by atoms with Crippen LogP contribution >= 0.6 is 0 Å². The maximum Gasteiger partial charge on any atom is 0.0622 e. The second-order valence-corrected chi connectivity index (χ2v) is 3.90. The molecule has 3 N–H and O–H groups in total. The Bertz CT molecular complexity index is 155. The lowest BCUT2D eigenvalue weighted by Crippen LogP contribution is -2.46. The Morgan fingerprint density at radius 2 is 2.43 bits per heavy atom. The van der Waals surface area contributed by atoms with Crippen LogP contribution in [0.15, 0.2) is 0 Å². The Morgan fingerprint density at radius 3 is 3.07 bits per heavy atom. The molecular weight excluding hydrogens is 180 g/mol. The maximum absolute atomic E-state index is 8.82. The van der Waals surface area contributed by atoms with Gasteiger partial charge in [-0.3, -0.25) is 4.90 Å². The molecule has 0 bridgehead atoms. The van der Waals surface area contributed by atoms with Crippen LogP contribution in [-0.2, 0) is 4.74 Å². The Morgan fingerprint density at radius 1 is 1.64 bits per heavy atom. The van der Waals surface area contributed by atoms with E-state index < -0.39 is 0 Å². The lowest BCUT2D eigenvalue weighted by Gasteiger charge is -2.35. The molecule has 1 aliphatic rings. The van der Waals surface area contributed by atoms with Crippen molar-refractivity contribution in [2.45, 2.75) is 31.8 Å². The smallest absolute Gasteiger partial charge is 0.0622 e. The molecule has 4 heteroatoms. The third-order valence-electron chi connectivity index (χ3n) is 2.84. The molecule has 14 heavy (non-hydrogen) atoms. The maximum atomic E-state index is 8.82. The first-order valence-corrected chi connectivity index (χ1v) is 5.46. The standard InChI is InChI=1S/C10H22N2O2/c1-2-10-8-14-6-5-12(10)4-3-9(11)7-13/h9-10,13H,2-8,11H2,1H3. The molecule has 1 aliphatic heterocycles. The number of nitrogens with zero attached hydrogens (tertiary/aromatic N) is 1. The molecule has 0 aromatic carbocycles. The van der Waals surface area contributed by atoms with E-state index in [1.165, 1.54) is 0 Å². The van der Waals surface area contributed by atoms with Crippen molar-refractivity contribution in [1.82, 2.24) is 4.90 Å². The highest BCUT2D eigenvalue weighted by Gasteiger charge is 2.21. The Balaban J connectivity index is 2.26. The van der Waals surface area contributed by atoms with E-state index in [2.05, 4.69) is 11.8 Å². The number of rotatable bonds is 5. The number of aliphatic hydroxyl groups is 1. The Kier molecular flexibility index (Phi) is 5.40. The summed E-state index contributed by atoms with van der Waals surface area (Å²) in [6, 6.07) is 0.463. The van der Waals surface area contributed by atoms with Crippen LogP contribution in [0.25, 0.3) is 0 Å². The number of nitrogens with two attached hydrogens (primary N) is 1. The number of ether oxygens (including phenoxy) is 1. The fraction of sp³-hybridized carbons (Fsp3) is 1.00. The van der Waals surface area contributed by atoms with Crippen molar-refractivity contribution in [2.75, 3.05) is 32.9 Å². The van der Waals surface area contributed by atoms with Crippen molar-refractivity contribution < 1.29 is 9.84 Å². The molecule has 0 radical (unpaired) electrons. The molecule has 1 fully saturated rings. The quantitative estimate of drug-likeness (QED) is 0.648. The first kappa shape index (κ1) is 11.9. The van der Waals surface area contributed by atoms with Crippen LogP contribution in [0.4, 0.5) is 0 Å². The number of aliphatic hydroxyl groups excluding tert-OH is 1. The van der Waals surface area contributed by atoms with E-state index in [0.29, 0.717) is 6.04 Å². The van der Waals surface area contributed by atoms with Gasteiger partial charge in [-0.1, -0.05) is 6.92 Å². The van der Waals surface area contributed by atoms with Gasteiger partial charge in [-0.05, 0) is 12.8 Å². The minimum Gasteiger partial charge on any atom is -0.395 e. The molecule has 2 unspecified atom stereocenters. The van der Waals surface area contributed by atoms with E-state index in [0.717, 1.165) is 39.1 Å². The summed E-state index contributed by atoms with van der Waals surface area (Å²) in [5.41, 5.74) is 5.67. The number of hydrogen-bond donors (Lipinski definition) is 2. The lowest BCUT2D eigenvalue weighted by molar-refractivity contribution is -0.0102. The van der Waals surface area contributed by atoms with Gasteiger partial charge in [-0.25, -0.2) is 0 Å². The minimum absolute atomic E-state index is 0.0737. The van der Waals surface area contributed by atoms with Crippen LogP contribution in [0.5, 0.6) is 0 Å². The first-order valence-electron chi connectivity index (χ1n) is 5.46. The third kappa shape index (κ3) is 3.53. The Hall–Kier alpha value is -0.160. The van der Waals surface area contributed by atoms with Gasteiger partial charge < -0.3 is 15.6 Å². The zero-order valence-electron chi connectivity index (χ0n) is 8.98. The molecule has 0 saturated carbocycles. The summed E-state index contributed by atoms with van der Waals surface area (Å²) in [5.74, 6) is 0. The van der Waals surface area contributed by atoms with E-state index in [9.17, 15) is 0 Å². The normalized spacial score (nSPS) is 26.4. The fourth-order valence-corrected chi connectivity index (χ4v) is 1.78. The average Bonchev–Trinajstić information content (AvgIpc) is 2.26. The predicted molar refractivity (Wildman–Crippen MR) is 56.1 cm³/mol. The molecule has 1 heterocycles. The van der Waals surface area contributed by atoms with Gasteiger partial charge in [0.15, 0.2) is 0 Å². The lowest BCUT2D eigenvalue weighted by atomic mass is 10.1. The summed E-state index contributed by atoms with van der Waals surface area (Å²) < 4.78 is 5.41. The van der Waals surface area contributed by atoms with Crippen LogP contribution in [0.2, 0.25) is 0 Å². The van der Waals surface area contributed by atoms with E-state index in [1.54, 1.807) is 0 Å². The molecule has 0 aromatic rings. The van der Waals surface area contributed by atoms with Crippen molar-refractivity contribution in [3.8, 4) is 0 Å². The molecule has 4 nitrogen and oxygen atoms in total. The van der Waals surface area contributed by atoms with Crippen molar-refractivity contribution >= 4 is 0 Å². The molecule has 1 rings (SSSR count). The highest BCUT2D eigenvalue weighted by Crippen LogP contribution is 2.10. The Labute approximate surface area is 86.0 Å². The topological polar surface area (TPSA) is 58.7 Å². The third-order valence-corrected chi connectivity index (χ3v) is 2.84. The zero-order chi connectivity index (χ0) is 10.4. The van der Waals surface area contributed by atoms with E-state index in [4.69, 9.17) is 15.6 Å². The van der Waals surface area contributed by atoms with Crippen molar-refractivity contribution in [3.05, 3.63) is 0 Å². The first-order chi connectivity index (χ1) is 6.77.